The van der Waals surface area contributed by atoms with Gasteiger partial charge in [-0.05, 0) is 11.8 Å². The molecule has 2 aromatic heterocycles. The van der Waals surface area contributed by atoms with Gasteiger partial charge in [0.25, 0.3) is 0 Å². The lowest BCUT2D eigenvalue weighted by molar-refractivity contribution is -0.389. The van der Waals surface area contributed by atoms with Gasteiger partial charge in [0.15, 0.2) is 5.82 Å². The number of carbonyl (C=O) groups is 1. The van der Waals surface area contributed by atoms with Crippen molar-refractivity contribution in [3.63, 3.8) is 0 Å². The first-order chi connectivity index (χ1) is 8.54. The van der Waals surface area contributed by atoms with E-state index in [0.717, 1.165) is 5.69 Å². The van der Waals surface area contributed by atoms with Crippen molar-refractivity contribution < 1.29 is 9.72 Å². The number of hydrogen-bond acceptors (Lipinski definition) is 5. The second-order valence-electron chi connectivity index (χ2n) is 3.61. The molecule has 18 heavy (non-hydrogen) atoms. The fraction of sp³-hybridized carbons (Fsp3) is 0.222. The molecule has 0 spiro atoms. The van der Waals surface area contributed by atoms with Crippen molar-refractivity contribution in [3.8, 4) is 0 Å². The minimum Gasteiger partial charge on any atom is -0.358 e. The molecule has 1 amide bonds. The van der Waals surface area contributed by atoms with Crippen LogP contribution in [0.4, 0.5) is 11.6 Å². The Hall–Kier alpha value is -2.71. The first-order valence-electron chi connectivity index (χ1n) is 5.04. The Labute approximate surface area is 101 Å². The van der Waals surface area contributed by atoms with Gasteiger partial charge in [-0.2, -0.15) is 9.78 Å². The van der Waals surface area contributed by atoms with Gasteiger partial charge in [-0.15, -0.1) is 0 Å². The number of amides is 1. The number of nitrogens with zero attached hydrogens (tertiary/aromatic N) is 4. The SMILES string of the molecule is Cc1cc(NC(=O)Cn2ccc([N+](=O)[O-])n2)n[nH]1. The number of nitro groups is 1. The van der Waals surface area contributed by atoms with Gasteiger partial charge in [0.2, 0.25) is 5.91 Å². The third-order valence-corrected chi connectivity index (χ3v) is 2.09. The normalized spacial score (nSPS) is 10.3. The molecule has 0 aliphatic heterocycles. The van der Waals surface area contributed by atoms with E-state index in [1.165, 1.54) is 16.9 Å². The Bertz CT molecular complexity index is 587. The van der Waals surface area contributed by atoms with Crippen LogP contribution in [0, 0.1) is 17.0 Å². The van der Waals surface area contributed by atoms with E-state index in [0.29, 0.717) is 5.82 Å². The predicted octanol–water partition coefficient (Wildman–Crippen LogP) is 0.462. The van der Waals surface area contributed by atoms with Crippen LogP contribution < -0.4 is 5.32 Å². The number of carbonyl (C=O) groups excluding carboxylic acids is 1. The van der Waals surface area contributed by atoms with Crippen LogP contribution in [0.1, 0.15) is 5.69 Å². The third kappa shape index (κ3) is 2.70. The molecule has 2 rings (SSSR count). The molecule has 0 aliphatic rings. The van der Waals surface area contributed by atoms with Crippen molar-refractivity contribution in [3.05, 3.63) is 34.1 Å². The highest BCUT2D eigenvalue weighted by Gasteiger charge is 2.13. The summed E-state index contributed by atoms with van der Waals surface area (Å²) in [7, 11) is 0. The summed E-state index contributed by atoms with van der Waals surface area (Å²) in [4.78, 5) is 21.4. The maximum absolute atomic E-state index is 11.6. The zero-order valence-corrected chi connectivity index (χ0v) is 9.45. The lowest BCUT2D eigenvalue weighted by Gasteiger charge is -1.98. The van der Waals surface area contributed by atoms with E-state index in [1.807, 2.05) is 0 Å². The Morgan fingerprint density at radius 1 is 1.67 bits per heavy atom. The summed E-state index contributed by atoms with van der Waals surface area (Å²) in [5.74, 6) is -0.253. The van der Waals surface area contributed by atoms with E-state index in [9.17, 15) is 14.9 Å². The van der Waals surface area contributed by atoms with Gasteiger partial charge in [0.05, 0.1) is 17.4 Å². The van der Waals surface area contributed by atoms with E-state index in [4.69, 9.17) is 0 Å². The molecule has 0 aliphatic carbocycles. The average Bonchev–Trinajstić information content (AvgIpc) is 2.88. The van der Waals surface area contributed by atoms with Crippen molar-refractivity contribution in [1.29, 1.82) is 0 Å². The molecule has 2 aromatic rings. The molecule has 0 bridgehead atoms. The number of anilines is 1. The quantitative estimate of drug-likeness (QED) is 0.603. The summed E-state index contributed by atoms with van der Waals surface area (Å²) in [5.41, 5.74) is 0.819. The summed E-state index contributed by atoms with van der Waals surface area (Å²) >= 11 is 0. The summed E-state index contributed by atoms with van der Waals surface area (Å²) < 4.78 is 1.19. The van der Waals surface area contributed by atoms with Crippen LogP contribution in [0.15, 0.2) is 18.3 Å². The van der Waals surface area contributed by atoms with E-state index >= 15 is 0 Å². The highest BCUT2D eigenvalue weighted by molar-refractivity contribution is 5.89. The molecule has 0 fully saturated rings. The topological polar surface area (TPSA) is 119 Å². The summed E-state index contributed by atoms with van der Waals surface area (Å²) in [6.45, 7) is 1.69. The number of aromatic amines is 1. The van der Waals surface area contributed by atoms with Gasteiger partial charge in [-0.25, -0.2) is 0 Å². The first kappa shape index (κ1) is 11.8. The fourth-order valence-electron chi connectivity index (χ4n) is 1.35. The van der Waals surface area contributed by atoms with Crippen LogP contribution in [0.5, 0.6) is 0 Å². The number of H-pyrrole nitrogens is 1. The molecule has 0 atom stereocenters. The zero-order chi connectivity index (χ0) is 13.1. The molecule has 0 saturated carbocycles. The predicted molar refractivity (Wildman–Crippen MR) is 60.8 cm³/mol. The largest absolute Gasteiger partial charge is 0.389 e. The number of nitrogens with one attached hydrogen (secondary N) is 2. The van der Waals surface area contributed by atoms with Crippen LogP contribution in [0.2, 0.25) is 0 Å². The van der Waals surface area contributed by atoms with Gasteiger partial charge in [-0.3, -0.25) is 9.89 Å². The Kier molecular flexibility index (Phi) is 3.04. The number of aryl methyl sites for hydroxylation is 1. The zero-order valence-electron chi connectivity index (χ0n) is 9.45. The minimum atomic E-state index is -0.620. The molecule has 2 heterocycles. The van der Waals surface area contributed by atoms with E-state index < -0.39 is 4.92 Å². The maximum Gasteiger partial charge on any atom is 0.389 e. The molecule has 0 unspecified atom stereocenters. The molecular weight excluding hydrogens is 240 g/mol. The first-order valence-corrected chi connectivity index (χ1v) is 5.04. The van der Waals surface area contributed by atoms with Crippen LogP contribution in [0.3, 0.4) is 0 Å². The smallest absolute Gasteiger partial charge is 0.358 e. The number of rotatable bonds is 4. The Balaban J connectivity index is 1.96. The third-order valence-electron chi connectivity index (χ3n) is 2.09. The van der Waals surface area contributed by atoms with Crippen molar-refractivity contribution in [2.75, 3.05) is 5.32 Å². The van der Waals surface area contributed by atoms with Crippen LogP contribution in [0.25, 0.3) is 0 Å². The van der Waals surface area contributed by atoms with E-state index in [-0.39, 0.29) is 18.3 Å². The monoisotopic (exact) mass is 250 g/mol. The van der Waals surface area contributed by atoms with Crippen molar-refractivity contribution >= 4 is 17.5 Å². The molecule has 0 radical (unpaired) electrons. The standard InChI is InChI=1S/C9H10N6O3/c1-6-4-7(12-11-6)10-9(16)5-14-3-2-8(13-14)15(17)18/h2-4H,5H2,1H3,(H2,10,11,12,16). The number of aromatic nitrogens is 4. The van der Waals surface area contributed by atoms with E-state index in [2.05, 4.69) is 20.6 Å². The van der Waals surface area contributed by atoms with Crippen LogP contribution in [-0.4, -0.2) is 30.8 Å². The lowest BCUT2D eigenvalue weighted by atomic mass is 10.4. The van der Waals surface area contributed by atoms with Gasteiger partial charge >= 0.3 is 5.82 Å². The summed E-state index contributed by atoms with van der Waals surface area (Å²) in [5, 5.41) is 23.1. The Morgan fingerprint density at radius 3 is 3.00 bits per heavy atom. The number of hydrogen-bond donors (Lipinski definition) is 2. The molecule has 94 valence electrons. The minimum absolute atomic E-state index is 0.111. The van der Waals surface area contributed by atoms with Gasteiger partial charge in [0, 0.05) is 11.8 Å². The molecule has 2 N–H and O–H groups in total. The summed E-state index contributed by atoms with van der Waals surface area (Å²) in [6, 6.07) is 2.90. The highest BCUT2D eigenvalue weighted by atomic mass is 16.6. The van der Waals surface area contributed by atoms with E-state index in [1.54, 1.807) is 13.0 Å². The molecule has 9 heteroatoms. The second kappa shape index (κ2) is 4.65. The van der Waals surface area contributed by atoms with Gasteiger partial charge in [-0.1, -0.05) is 0 Å². The van der Waals surface area contributed by atoms with Crippen molar-refractivity contribution in [1.82, 2.24) is 20.0 Å². The maximum atomic E-state index is 11.6. The van der Waals surface area contributed by atoms with Crippen molar-refractivity contribution in [2.45, 2.75) is 13.5 Å². The Morgan fingerprint density at radius 2 is 2.44 bits per heavy atom. The molecule has 0 saturated heterocycles. The van der Waals surface area contributed by atoms with Crippen LogP contribution in [-0.2, 0) is 11.3 Å². The molecule has 9 nitrogen and oxygen atoms in total. The van der Waals surface area contributed by atoms with Crippen LogP contribution >= 0.6 is 0 Å². The summed E-state index contributed by atoms with van der Waals surface area (Å²) in [6.07, 6.45) is 1.37. The molecular formula is C9H10N6O3. The second-order valence-corrected chi connectivity index (χ2v) is 3.61. The molecule has 0 aromatic carbocycles. The van der Waals surface area contributed by atoms with Crippen molar-refractivity contribution in [2.24, 2.45) is 0 Å². The fourth-order valence-corrected chi connectivity index (χ4v) is 1.35. The highest BCUT2D eigenvalue weighted by Crippen LogP contribution is 2.06. The van der Waals surface area contributed by atoms with Gasteiger partial charge in [0.1, 0.15) is 6.54 Å². The lowest BCUT2D eigenvalue weighted by Crippen LogP contribution is -2.19. The average molecular weight is 250 g/mol. The van der Waals surface area contributed by atoms with Gasteiger partial charge < -0.3 is 15.4 Å².